The Morgan fingerprint density at radius 1 is 1.12 bits per heavy atom. The van der Waals surface area contributed by atoms with Gasteiger partial charge in [0.05, 0.1) is 24.7 Å². The van der Waals surface area contributed by atoms with E-state index in [1.807, 2.05) is 12.1 Å². The smallest absolute Gasteiger partial charge is 0.337 e. The number of para-hydroxylation sites is 1. The number of carbonyl (C=O) groups is 1. The zero-order valence-corrected chi connectivity index (χ0v) is 15.4. The lowest BCUT2D eigenvalue weighted by atomic mass is 10.1. The van der Waals surface area contributed by atoms with Crippen LogP contribution in [0.4, 0.5) is 0 Å². The summed E-state index contributed by atoms with van der Waals surface area (Å²) in [6, 6.07) is 11.1. The highest BCUT2D eigenvalue weighted by Gasteiger charge is 2.23. The van der Waals surface area contributed by atoms with E-state index in [1.165, 1.54) is 26.4 Å². The number of hydrogen-bond acceptors (Lipinski definition) is 5. The number of rotatable bonds is 6. The molecule has 0 heterocycles. The first-order valence-corrected chi connectivity index (χ1v) is 9.12. The van der Waals surface area contributed by atoms with Crippen LogP contribution in [-0.2, 0) is 14.8 Å². The van der Waals surface area contributed by atoms with Crippen LogP contribution in [0.2, 0.25) is 0 Å². The highest BCUT2D eigenvalue weighted by molar-refractivity contribution is 7.89. The molecule has 2 rings (SSSR count). The molecule has 0 aliphatic carbocycles. The number of ether oxygens (including phenoxy) is 2. The molecule has 0 aliphatic rings. The van der Waals surface area contributed by atoms with E-state index in [9.17, 15) is 13.2 Å². The third-order valence-electron chi connectivity index (χ3n) is 3.84. The lowest BCUT2D eigenvalue weighted by Gasteiger charge is -2.18. The van der Waals surface area contributed by atoms with Crippen molar-refractivity contribution in [2.75, 3.05) is 14.2 Å². The van der Waals surface area contributed by atoms with Crippen molar-refractivity contribution in [2.45, 2.75) is 24.8 Å². The van der Waals surface area contributed by atoms with E-state index in [0.29, 0.717) is 11.3 Å². The van der Waals surface area contributed by atoms with E-state index >= 15 is 0 Å². The fourth-order valence-corrected chi connectivity index (χ4v) is 4.01. The molecule has 0 saturated heterocycles. The van der Waals surface area contributed by atoms with Crippen LogP contribution < -0.4 is 9.46 Å². The van der Waals surface area contributed by atoms with Gasteiger partial charge in [0.25, 0.3) is 0 Å². The molecule has 25 heavy (non-hydrogen) atoms. The number of sulfonamides is 1. The highest BCUT2D eigenvalue weighted by atomic mass is 32.2. The van der Waals surface area contributed by atoms with Crippen molar-refractivity contribution in [1.29, 1.82) is 0 Å². The maximum absolute atomic E-state index is 12.8. The van der Waals surface area contributed by atoms with Crippen LogP contribution in [0.1, 0.15) is 34.5 Å². The van der Waals surface area contributed by atoms with Crippen molar-refractivity contribution in [3.05, 3.63) is 59.2 Å². The van der Waals surface area contributed by atoms with Crippen LogP contribution in [-0.4, -0.2) is 28.6 Å². The minimum atomic E-state index is -3.84. The summed E-state index contributed by atoms with van der Waals surface area (Å²) in [5, 5.41) is 0. The Hall–Kier alpha value is -2.38. The molecule has 0 aromatic heterocycles. The Kier molecular flexibility index (Phi) is 5.81. The number of nitrogens with one attached hydrogen (secondary N) is 1. The van der Waals surface area contributed by atoms with Gasteiger partial charge in [-0.1, -0.05) is 24.3 Å². The summed E-state index contributed by atoms with van der Waals surface area (Å²) in [6.07, 6.45) is 0. The molecule has 6 nitrogen and oxygen atoms in total. The van der Waals surface area contributed by atoms with Crippen LogP contribution >= 0.6 is 0 Å². The molecular weight excluding hydrogens is 342 g/mol. The van der Waals surface area contributed by atoms with Crippen LogP contribution in [0, 0.1) is 6.92 Å². The normalized spacial score (nSPS) is 12.5. The summed E-state index contributed by atoms with van der Waals surface area (Å²) >= 11 is 0. The molecule has 1 atom stereocenters. The molecule has 0 aliphatic heterocycles. The first-order valence-electron chi connectivity index (χ1n) is 7.64. The molecule has 0 amide bonds. The van der Waals surface area contributed by atoms with Gasteiger partial charge in [0.1, 0.15) is 5.75 Å². The topological polar surface area (TPSA) is 81.7 Å². The minimum absolute atomic E-state index is 0.0390. The predicted molar refractivity (Wildman–Crippen MR) is 94.2 cm³/mol. The summed E-state index contributed by atoms with van der Waals surface area (Å²) in [5.74, 6) is 0.00644. The molecule has 0 saturated carbocycles. The Balaban J connectivity index is 2.37. The van der Waals surface area contributed by atoms with Crippen LogP contribution in [0.5, 0.6) is 5.75 Å². The van der Waals surface area contributed by atoms with Crippen molar-refractivity contribution in [1.82, 2.24) is 4.72 Å². The molecule has 0 bridgehead atoms. The Labute approximate surface area is 147 Å². The second kappa shape index (κ2) is 7.67. The SMILES string of the molecule is COC(=O)c1ccc(C)c(S(=O)(=O)N[C@@H](C)c2ccccc2OC)c1. The van der Waals surface area contributed by atoms with Gasteiger partial charge in [-0.05, 0) is 37.6 Å². The predicted octanol–water partition coefficient (Wildman–Crippen LogP) is 2.83. The number of carbonyl (C=O) groups excluding carboxylic acids is 1. The van der Waals surface area contributed by atoms with Gasteiger partial charge >= 0.3 is 5.97 Å². The zero-order chi connectivity index (χ0) is 18.6. The quantitative estimate of drug-likeness (QED) is 0.798. The highest BCUT2D eigenvalue weighted by Crippen LogP contribution is 2.27. The second-order valence-corrected chi connectivity index (χ2v) is 7.24. The number of hydrogen-bond donors (Lipinski definition) is 1. The van der Waals surface area contributed by atoms with Gasteiger partial charge in [0, 0.05) is 11.6 Å². The maximum Gasteiger partial charge on any atom is 0.337 e. The van der Waals surface area contributed by atoms with E-state index in [0.717, 1.165) is 5.56 Å². The maximum atomic E-state index is 12.8. The van der Waals surface area contributed by atoms with Crippen molar-refractivity contribution < 1.29 is 22.7 Å². The first kappa shape index (κ1) is 19.0. The molecule has 0 fully saturated rings. The molecule has 1 N–H and O–H groups in total. The largest absolute Gasteiger partial charge is 0.496 e. The Morgan fingerprint density at radius 2 is 1.80 bits per heavy atom. The molecule has 0 spiro atoms. The third kappa shape index (κ3) is 4.18. The van der Waals surface area contributed by atoms with Gasteiger partial charge in [-0.15, -0.1) is 0 Å². The average molecular weight is 363 g/mol. The summed E-state index contributed by atoms with van der Waals surface area (Å²) < 4.78 is 38.2. The average Bonchev–Trinajstić information content (AvgIpc) is 2.60. The second-order valence-electron chi connectivity index (χ2n) is 5.56. The fourth-order valence-electron chi connectivity index (χ4n) is 2.52. The molecular formula is C18H21NO5S. The molecule has 0 radical (unpaired) electrons. The molecule has 7 heteroatoms. The summed E-state index contributed by atoms with van der Waals surface area (Å²) in [4.78, 5) is 11.7. The van der Waals surface area contributed by atoms with Gasteiger partial charge in [-0.2, -0.15) is 0 Å². The minimum Gasteiger partial charge on any atom is -0.496 e. The Morgan fingerprint density at radius 3 is 2.44 bits per heavy atom. The van der Waals surface area contributed by atoms with Gasteiger partial charge in [0.2, 0.25) is 10.0 Å². The third-order valence-corrected chi connectivity index (χ3v) is 5.52. The van der Waals surface area contributed by atoms with Crippen molar-refractivity contribution >= 4 is 16.0 Å². The summed E-state index contributed by atoms with van der Waals surface area (Å²) in [7, 11) is -1.06. The van der Waals surface area contributed by atoms with Gasteiger partial charge in [-0.3, -0.25) is 0 Å². The molecule has 134 valence electrons. The number of methoxy groups -OCH3 is 2. The first-order chi connectivity index (χ1) is 11.8. The standard InChI is InChI=1S/C18H21NO5S/c1-12-9-10-14(18(20)24-4)11-17(12)25(21,22)19-13(2)15-7-5-6-8-16(15)23-3/h5-11,13,19H,1-4H3/t13-/m0/s1. The van der Waals surface area contributed by atoms with E-state index in [4.69, 9.17) is 4.74 Å². The summed E-state index contributed by atoms with van der Waals surface area (Å²) in [6.45, 7) is 3.40. The van der Waals surface area contributed by atoms with Crippen LogP contribution in [0.25, 0.3) is 0 Å². The molecule has 0 unspecified atom stereocenters. The molecule has 2 aromatic rings. The number of benzene rings is 2. The molecule has 2 aromatic carbocycles. The van der Waals surface area contributed by atoms with E-state index in [-0.39, 0.29) is 10.5 Å². The summed E-state index contributed by atoms with van der Waals surface area (Å²) in [5.41, 5.74) is 1.43. The van der Waals surface area contributed by atoms with Crippen LogP contribution in [0.3, 0.4) is 0 Å². The Bertz CT molecular complexity index is 877. The van der Waals surface area contributed by atoms with Crippen molar-refractivity contribution in [3.63, 3.8) is 0 Å². The monoisotopic (exact) mass is 363 g/mol. The van der Waals surface area contributed by atoms with Crippen molar-refractivity contribution in [2.24, 2.45) is 0 Å². The van der Waals surface area contributed by atoms with E-state index in [1.54, 1.807) is 32.0 Å². The van der Waals surface area contributed by atoms with Gasteiger partial charge in [0.15, 0.2) is 0 Å². The number of aryl methyl sites for hydroxylation is 1. The fraction of sp³-hybridized carbons (Fsp3) is 0.278. The number of esters is 1. The lowest BCUT2D eigenvalue weighted by Crippen LogP contribution is -2.28. The zero-order valence-electron chi connectivity index (χ0n) is 14.6. The van der Waals surface area contributed by atoms with Crippen LogP contribution in [0.15, 0.2) is 47.4 Å². The van der Waals surface area contributed by atoms with Gasteiger partial charge < -0.3 is 9.47 Å². The van der Waals surface area contributed by atoms with E-state index < -0.39 is 22.0 Å². The van der Waals surface area contributed by atoms with E-state index in [2.05, 4.69) is 9.46 Å². The van der Waals surface area contributed by atoms with Crippen molar-refractivity contribution in [3.8, 4) is 5.75 Å². The van der Waals surface area contributed by atoms with Gasteiger partial charge in [-0.25, -0.2) is 17.9 Å². The lowest BCUT2D eigenvalue weighted by molar-refractivity contribution is 0.0600.